The molecule has 7 heteroatoms. The number of fused-ring (bicyclic) bond motifs is 1. The van der Waals surface area contributed by atoms with E-state index in [1.807, 2.05) is 23.0 Å². The van der Waals surface area contributed by atoms with E-state index in [1.165, 1.54) is 0 Å². The predicted octanol–water partition coefficient (Wildman–Crippen LogP) is 4.20. The van der Waals surface area contributed by atoms with Crippen LogP contribution >= 0.6 is 23.5 Å². The summed E-state index contributed by atoms with van der Waals surface area (Å²) in [5, 5.41) is 1.03. The van der Waals surface area contributed by atoms with E-state index in [4.69, 9.17) is 5.73 Å². The molecule has 0 aliphatic heterocycles. The van der Waals surface area contributed by atoms with Gasteiger partial charge in [0.05, 0.1) is 5.52 Å². The van der Waals surface area contributed by atoms with Gasteiger partial charge in [0.1, 0.15) is 0 Å². The Hall–Kier alpha value is -0.950. The zero-order chi connectivity index (χ0) is 14.0. The van der Waals surface area contributed by atoms with Crippen LogP contribution in [0.15, 0.2) is 29.3 Å². The summed E-state index contributed by atoms with van der Waals surface area (Å²) in [6.07, 6.45) is 3.76. The Morgan fingerprint density at radius 1 is 1.32 bits per heavy atom. The van der Waals surface area contributed by atoms with Crippen LogP contribution < -0.4 is 5.73 Å². The molecule has 0 unspecified atom stereocenters. The smallest absolute Gasteiger partial charge is 0.399 e. The molecular formula is C12H13F3N2S2. The molecule has 0 atom stereocenters. The highest BCUT2D eigenvalue weighted by atomic mass is 32.2. The summed E-state index contributed by atoms with van der Waals surface area (Å²) in [5.74, 6) is -0.00329. The first-order valence-electron chi connectivity index (χ1n) is 5.54. The van der Waals surface area contributed by atoms with Crippen LogP contribution in [0.1, 0.15) is 0 Å². The monoisotopic (exact) mass is 306 g/mol. The van der Waals surface area contributed by atoms with Gasteiger partial charge in [0.2, 0.25) is 0 Å². The molecule has 2 nitrogen and oxygen atoms in total. The summed E-state index contributed by atoms with van der Waals surface area (Å²) in [4.78, 5) is 1.04. The quantitative estimate of drug-likeness (QED) is 0.678. The van der Waals surface area contributed by atoms with Crippen LogP contribution in [0.4, 0.5) is 18.9 Å². The van der Waals surface area contributed by atoms with Gasteiger partial charge in [-0.25, -0.2) is 0 Å². The van der Waals surface area contributed by atoms with Crippen molar-refractivity contribution in [2.75, 3.05) is 17.7 Å². The number of anilines is 1. The summed E-state index contributed by atoms with van der Waals surface area (Å²) in [5.41, 5.74) is 3.15. The van der Waals surface area contributed by atoms with Crippen molar-refractivity contribution < 1.29 is 13.2 Å². The zero-order valence-electron chi connectivity index (χ0n) is 10.2. The highest BCUT2D eigenvalue weighted by molar-refractivity contribution is 8.00. The van der Waals surface area contributed by atoms with Crippen LogP contribution in [0.3, 0.4) is 0 Å². The normalized spacial score (nSPS) is 12.2. The van der Waals surface area contributed by atoms with Crippen molar-refractivity contribution in [3.63, 3.8) is 0 Å². The number of nitrogens with zero attached hydrogens (tertiary/aromatic N) is 1. The summed E-state index contributed by atoms with van der Waals surface area (Å²) in [6.45, 7) is 0.310. The molecule has 0 saturated heterocycles. The number of thioether (sulfide) groups is 2. The molecule has 1 heterocycles. The molecule has 0 saturated carbocycles. The maximum Gasteiger partial charge on any atom is 0.441 e. The second kappa shape index (κ2) is 5.58. The molecule has 1 aromatic heterocycles. The highest BCUT2D eigenvalue weighted by Gasteiger charge is 2.27. The van der Waals surface area contributed by atoms with Crippen molar-refractivity contribution in [2.24, 2.45) is 0 Å². The Kier molecular flexibility index (Phi) is 4.25. The number of alkyl halides is 3. The van der Waals surface area contributed by atoms with Crippen molar-refractivity contribution in [1.82, 2.24) is 4.57 Å². The molecule has 0 aliphatic carbocycles. The molecule has 0 aliphatic rings. The number of nitrogens with two attached hydrogens (primary N) is 1. The largest absolute Gasteiger partial charge is 0.441 e. The van der Waals surface area contributed by atoms with Crippen LogP contribution in [-0.4, -0.2) is 22.1 Å². The van der Waals surface area contributed by atoms with Crippen LogP contribution in [0.2, 0.25) is 0 Å². The van der Waals surface area contributed by atoms with Gasteiger partial charge in [0, 0.05) is 34.5 Å². The Morgan fingerprint density at radius 3 is 2.68 bits per heavy atom. The van der Waals surface area contributed by atoms with Gasteiger partial charge in [0.25, 0.3) is 0 Å². The Morgan fingerprint density at radius 2 is 2.05 bits per heavy atom. The van der Waals surface area contributed by atoms with Gasteiger partial charge in [-0.15, -0.1) is 11.8 Å². The van der Waals surface area contributed by atoms with Gasteiger partial charge >= 0.3 is 5.51 Å². The maximum atomic E-state index is 12.1. The molecule has 19 heavy (non-hydrogen) atoms. The number of aromatic nitrogens is 1. The van der Waals surface area contributed by atoms with Crippen molar-refractivity contribution in [3.05, 3.63) is 24.4 Å². The van der Waals surface area contributed by atoms with E-state index in [2.05, 4.69) is 0 Å². The van der Waals surface area contributed by atoms with Gasteiger partial charge in [-0.2, -0.15) is 13.2 Å². The van der Waals surface area contributed by atoms with Crippen LogP contribution in [0.25, 0.3) is 10.9 Å². The molecule has 0 bridgehead atoms. The average Bonchev–Trinajstić information content (AvgIpc) is 2.70. The van der Waals surface area contributed by atoms with Gasteiger partial charge in [-0.1, -0.05) is 0 Å². The van der Waals surface area contributed by atoms with Crippen molar-refractivity contribution in [2.45, 2.75) is 16.9 Å². The Labute approximate surface area is 117 Å². The average molecular weight is 306 g/mol. The van der Waals surface area contributed by atoms with E-state index in [-0.39, 0.29) is 17.5 Å². The standard InChI is InChI=1S/C12H13F3N2S2/c1-18-11-7-8(16)6-10-9(11)2-3-17(10)4-5-19-12(13,14)15/h2-3,6-7H,4-5,16H2,1H3. The fourth-order valence-electron chi connectivity index (χ4n) is 1.91. The Balaban J connectivity index is 2.23. The van der Waals surface area contributed by atoms with Gasteiger partial charge in [-0.05, 0) is 36.2 Å². The third kappa shape index (κ3) is 3.54. The minimum Gasteiger partial charge on any atom is -0.399 e. The SMILES string of the molecule is CSc1cc(N)cc2c1ccn2CCSC(F)(F)F. The number of benzene rings is 1. The number of aryl methyl sites for hydroxylation is 1. The maximum absolute atomic E-state index is 12.1. The number of rotatable bonds is 4. The molecule has 0 amide bonds. The first-order chi connectivity index (χ1) is 8.90. The molecular weight excluding hydrogens is 293 g/mol. The lowest BCUT2D eigenvalue weighted by molar-refractivity contribution is -0.0328. The van der Waals surface area contributed by atoms with E-state index >= 15 is 0 Å². The number of hydrogen-bond acceptors (Lipinski definition) is 3. The molecule has 104 valence electrons. The van der Waals surface area contributed by atoms with Crippen LogP contribution in [0, 0.1) is 0 Å². The van der Waals surface area contributed by atoms with Gasteiger partial charge < -0.3 is 10.3 Å². The second-order valence-electron chi connectivity index (χ2n) is 3.96. The third-order valence-electron chi connectivity index (χ3n) is 2.69. The topological polar surface area (TPSA) is 30.9 Å². The van der Waals surface area contributed by atoms with Gasteiger partial charge in [0.15, 0.2) is 0 Å². The van der Waals surface area contributed by atoms with Crippen molar-refractivity contribution in [1.29, 1.82) is 0 Å². The van der Waals surface area contributed by atoms with E-state index in [1.54, 1.807) is 24.0 Å². The van der Waals surface area contributed by atoms with E-state index in [0.717, 1.165) is 15.8 Å². The summed E-state index contributed by atoms with van der Waals surface area (Å²) >= 11 is 1.57. The van der Waals surface area contributed by atoms with E-state index < -0.39 is 5.51 Å². The molecule has 0 fully saturated rings. The fourth-order valence-corrected chi connectivity index (χ4v) is 3.07. The summed E-state index contributed by atoms with van der Waals surface area (Å²) in [6, 6.07) is 5.59. The molecule has 0 spiro atoms. The van der Waals surface area contributed by atoms with E-state index in [0.29, 0.717) is 12.2 Å². The number of nitrogen functional groups attached to an aromatic ring is 1. The summed E-state index contributed by atoms with van der Waals surface area (Å²) < 4.78 is 38.1. The van der Waals surface area contributed by atoms with Crippen molar-refractivity contribution >= 4 is 40.1 Å². The second-order valence-corrected chi connectivity index (χ2v) is 5.97. The number of halogens is 3. The first kappa shape index (κ1) is 14.5. The van der Waals surface area contributed by atoms with Crippen LogP contribution in [0.5, 0.6) is 0 Å². The lowest BCUT2D eigenvalue weighted by atomic mass is 10.2. The lowest BCUT2D eigenvalue weighted by Gasteiger charge is -2.09. The highest BCUT2D eigenvalue weighted by Crippen LogP contribution is 2.32. The minimum atomic E-state index is -4.17. The van der Waals surface area contributed by atoms with E-state index in [9.17, 15) is 13.2 Å². The Bertz CT molecular complexity index is 578. The lowest BCUT2D eigenvalue weighted by Crippen LogP contribution is -2.06. The zero-order valence-corrected chi connectivity index (χ0v) is 11.8. The van der Waals surface area contributed by atoms with Crippen LogP contribution in [-0.2, 0) is 6.54 Å². The van der Waals surface area contributed by atoms with Crippen molar-refractivity contribution in [3.8, 4) is 0 Å². The fraction of sp³-hybridized carbons (Fsp3) is 0.333. The molecule has 2 N–H and O–H groups in total. The predicted molar refractivity (Wildman–Crippen MR) is 76.6 cm³/mol. The third-order valence-corrected chi connectivity index (χ3v) is 4.18. The number of hydrogen-bond donors (Lipinski definition) is 1. The minimum absolute atomic E-state index is 0.00278. The molecule has 2 aromatic rings. The summed E-state index contributed by atoms with van der Waals surface area (Å²) in [7, 11) is 0. The first-order valence-corrected chi connectivity index (χ1v) is 7.75. The molecule has 0 radical (unpaired) electrons. The van der Waals surface area contributed by atoms with Gasteiger partial charge in [-0.3, -0.25) is 0 Å². The molecule has 1 aromatic carbocycles. The molecule has 2 rings (SSSR count).